The third-order valence-electron chi connectivity index (χ3n) is 5.69. The topological polar surface area (TPSA) is 0 Å². The molecule has 124 valence electrons. The van der Waals surface area contributed by atoms with Gasteiger partial charge in [0.25, 0.3) is 0 Å². The maximum absolute atomic E-state index is 2.55. The molecular weight excluding hydrogens is 391 g/mol. The van der Waals surface area contributed by atoms with Crippen molar-refractivity contribution in [1.82, 2.24) is 0 Å². The van der Waals surface area contributed by atoms with E-state index in [1.807, 2.05) is 0 Å². The molecule has 2 aliphatic rings. The van der Waals surface area contributed by atoms with Gasteiger partial charge in [0.2, 0.25) is 0 Å². The standard InChI is InChI=1S/C22H29I/c1-5-23-16-17-9-11-18(12-10-17)19-13-15-22(4)14-7-6-8-20(22)21(19,2)3/h5,8-13H,6-7,14-16H2,1-4H3/t22-/m0/s1. The predicted octanol–water partition coefficient (Wildman–Crippen LogP) is 6.91. The molecule has 0 saturated heterocycles. The van der Waals surface area contributed by atoms with Gasteiger partial charge in [0.05, 0.1) is 0 Å². The summed E-state index contributed by atoms with van der Waals surface area (Å²) in [4.78, 5) is 0. The summed E-state index contributed by atoms with van der Waals surface area (Å²) in [7, 11) is 0. The van der Waals surface area contributed by atoms with Crippen molar-refractivity contribution in [1.29, 1.82) is 0 Å². The van der Waals surface area contributed by atoms with E-state index in [9.17, 15) is 0 Å². The Morgan fingerprint density at radius 2 is 1.83 bits per heavy atom. The highest BCUT2D eigenvalue weighted by Gasteiger charge is 2.43. The molecule has 0 N–H and O–H groups in total. The molecule has 0 bridgehead atoms. The summed E-state index contributed by atoms with van der Waals surface area (Å²) in [5.74, 6) is 0. The molecule has 0 aromatic heterocycles. The summed E-state index contributed by atoms with van der Waals surface area (Å²) in [5, 5.41) is 0. The molecule has 0 saturated carbocycles. The Morgan fingerprint density at radius 1 is 1.09 bits per heavy atom. The lowest BCUT2D eigenvalue weighted by Crippen LogP contribution is -2.35. The van der Waals surface area contributed by atoms with Gasteiger partial charge in [-0.3, -0.25) is 0 Å². The molecule has 0 aliphatic heterocycles. The van der Waals surface area contributed by atoms with E-state index < -0.39 is 0 Å². The summed E-state index contributed by atoms with van der Waals surface area (Å²) in [5.41, 5.74) is 6.70. The van der Waals surface area contributed by atoms with Crippen LogP contribution < -0.4 is 0 Å². The Hall–Kier alpha value is -0.700. The van der Waals surface area contributed by atoms with E-state index in [1.54, 1.807) is 5.57 Å². The maximum atomic E-state index is 2.55. The van der Waals surface area contributed by atoms with Gasteiger partial charge in [-0.05, 0) is 54.7 Å². The first-order valence-electron chi connectivity index (χ1n) is 8.84. The molecule has 0 heterocycles. The van der Waals surface area contributed by atoms with Gasteiger partial charge in [0.15, 0.2) is 0 Å². The van der Waals surface area contributed by atoms with Crippen molar-refractivity contribution in [2.45, 2.75) is 57.8 Å². The molecule has 3 rings (SSSR count). The molecule has 0 fully saturated rings. The van der Waals surface area contributed by atoms with Crippen LogP contribution in [-0.2, 0) is 4.43 Å². The zero-order chi connectivity index (χ0) is 16.5. The van der Waals surface area contributed by atoms with Crippen molar-refractivity contribution in [2.24, 2.45) is 10.8 Å². The number of fused-ring (bicyclic) bond motifs is 1. The second-order valence-electron chi connectivity index (χ2n) is 7.72. The highest BCUT2D eigenvalue weighted by atomic mass is 127. The minimum absolute atomic E-state index is 0.166. The highest BCUT2D eigenvalue weighted by molar-refractivity contribution is 14.2. The molecule has 2 aliphatic carbocycles. The summed E-state index contributed by atoms with van der Waals surface area (Å²) in [6.07, 6.45) is 10.2. The van der Waals surface area contributed by atoms with Gasteiger partial charge >= 0.3 is 0 Å². The van der Waals surface area contributed by atoms with Crippen LogP contribution >= 0.6 is 20.7 Å². The largest absolute Gasteiger partial charge is 0.123 e. The van der Waals surface area contributed by atoms with Crippen LogP contribution in [0.2, 0.25) is 0 Å². The molecular formula is C22H29I. The quantitative estimate of drug-likeness (QED) is 0.283. The Morgan fingerprint density at radius 3 is 2.52 bits per heavy atom. The van der Waals surface area contributed by atoms with Gasteiger partial charge < -0.3 is 0 Å². The SMILES string of the molecule is CC=ICc1ccc(C2=CC[C@]3(C)CCCC=C3C2(C)C)cc1. The molecule has 0 radical (unpaired) electrons. The fraction of sp³-hybridized carbons (Fsp3) is 0.500. The normalized spacial score (nSPS) is 27.0. The number of halogens is 1. The number of allylic oxidation sites excluding steroid dienone is 4. The van der Waals surface area contributed by atoms with Crippen molar-refractivity contribution < 1.29 is 0 Å². The average Bonchev–Trinajstić information content (AvgIpc) is 2.53. The summed E-state index contributed by atoms with van der Waals surface area (Å²) < 4.78 is 3.62. The van der Waals surface area contributed by atoms with E-state index >= 15 is 0 Å². The maximum Gasteiger partial charge on any atom is 0.0196 e. The molecule has 0 spiro atoms. The van der Waals surface area contributed by atoms with Crippen LogP contribution in [0.5, 0.6) is 0 Å². The van der Waals surface area contributed by atoms with E-state index in [2.05, 4.69) is 68.1 Å². The van der Waals surface area contributed by atoms with Crippen LogP contribution in [0.25, 0.3) is 5.57 Å². The van der Waals surface area contributed by atoms with E-state index in [0.717, 1.165) is 0 Å². The fourth-order valence-corrected chi connectivity index (χ4v) is 5.94. The molecule has 1 aromatic rings. The molecule has 1 aromatic carbocycles. The first-order chi connectivity index (χ1) is 11.0. The second-order valence-corrected chi connectivity index (χ2v) is 10.6. The Bertz CT molecular complexity index is 658. The van der Waals surface area contributed by atoms with E-state index in [1.165, 1.54) is 46.8 Å². The minimum atomic E-state index is 0.166. The van der Waals surface area contributed by atoms with Gasteiger partial charge in [0.1, 0.15) is 0 Å². The molecule has 0 unspecified atom stereocenters. The van der Waals surface area contributed by atoms with Crippen molar-refractivity contribution in [3.05, 3.63) is 53.1 Å². The summed E-state index contributed by atoms with van der Waals surface area (Å²) in [6.45, 7) is 9.52. The third-order valence-corrected chi connectivity index (χ3v) is 7.89. The van der Waals surface area contributed by atoms with Crippen LogP contribution in [0.3, 0.4) is 0 Å². The molecule has 1 atom stereocenters. The second kappa shape index (κ2) is 6.66. The number of hydrogen-bond acceptors (Lipinski definition) is 0. The van der Waals surface area contributed by atoms with E-state index in [0.29, 0.717) is 5.41 Å². The third kappa shape index (κ3) is 3.26. The van der Waals surface area contributed by atoms with Crippen molar-refractivity contribution in [3.63, 3.8) is 0 Å². The van der Waals surface area contributed by atoms with E-state index in [4.69, 9.17) is 0 Å². The lowest BCUT2D eigenvalue weighted by molar-refractivity contribution is 0.278. The van der Waals surface area contributed by atoms with E-state index in [-0.39, 0.29) is 26.1 Å². The lowest BCUT2D eigenvalue weighted by Gasteiger charge is -2.48. The van der Waals surface area contributed by atoms with Crippen molar-refractivity contribution >= 4 is 30.3 Å². The predicted molar refractivity (Wildman–Crippen MR) is 112 cm³/mol. The zero-order valence-corrected chi connectivity index (χ0v) is 17.1. The molecule has 1 heteroatoms. The summed E-state index contributed by atoms with van der Waals surface area (Å²) in [6, 6.07) is 9.40. The van der Waals surface area contributed by atoms with Crippen LogP contribution in [-0.4, -0.2) is 4.01 Å². The fourth-order valence-electron chi connectivity index (χ4n) is 4.49. The highest BCUT2D eigenvalue weighted by Crippen LogP contribution is 2.57. The smallest absolute Gasteiger partial charge is 0.0196 e. The number of hydrogen-bond donors (Lipinski definition) is 0. The Balaban J connectivity index is 1.94. The van der Waals surface area contributed by atoms with Crippen LogP contribution in [0, 0.1) is 10.8 Å². The lowest BCUT2D eigenvalue weighted by atomic mass is 9.56. The van der Waals surface area contributed by atoms with Gasteiger partial charge in [-0.15, -0.1) is 20.7 Å². The average molecular weight is 420 g/mol. The number of benzene rings is 1. The number of alkyl halides is 1. The van der Waals surface area contributed by atoms with Gasteiger partial charge in [-0.1, -0.05) is 66.8 Å². The van der Waals surface area contributed by atoms with Gasteiger partial charge in [0, 0.05) is 9.84 Å². The minimum Gasteiger partial charge on any atom is -0.123 e. The van der Waals surface area contributed by atoms with Crippen LogP contribution in [0.1, 0.15) is 64.5 Å². The first kappa shape index (κ1) is 17.1. The van der Waals surface area contributed by atoms with Crippen LogP contribution in [0.15, 0.2) is 42.0 Å². The Labute approximate surface area is 151 Å². The number of rotatable bonds is 3. The molecule has 0 nitrogen and oxygen atoms in total. The summed E-state index contributed by atoms with van der Waals surface area (Å²) >= 11 is 0.238. The van der Waals surface area contributed by atoms with Crippen molar-refractivity contribution in [2.75, 3.05) is 0 Å². The monoisotopic (exact) mass is 420 g/mol. The van der Waals surface area contributed by atoms with Gasteiger partial charge in [-0.2, -0.15) is 0 Å². The van der Waals surface area contributed by atoms with Crippen LogP contribution in [0.4, 0.5) is 0 Å². The molecule has 23 heavy (non-hydrogen) atoms. The Kier molecular flexibility index (Phi) is 4.96. The van der Waals surface area contributed by atoms with Crippen molar-refractivity contribution in [3.8, 4) is 0 Å². The molecule has 0 amide bonds. The first-order valence-corrected chi connectivity index (χ1v) is 11.6. The zero-order valence-electron chi connectivity index (χ0n) is 15.0. The van der Waals surface area contributed by atoms with Gasteiger partial charge in [-0.25, -0.2) is 0 Å².